The van der Waals surface area contributed by atoms with Crippen molar-refractivity contribution in [2.45, 2.75) is 44.8 Å². The number of alkyl halides is 3. The Kier molecular flexibility index (Phi) is 6.14. The number of rotatable bonds is 5. The molecule has 2 unspecified atom stereocenters. The molecule has 30 heavy (non-hydrogen) atoms. The number of amides is 3. The van der Waals surface area contributed by atoms with Crippen LogP contribution in [0.2, 0.25) is 0 Å². The zero-order valence-electron chi connectivity index (χ0n) is 16.2. The van der Waals surface area contributed by atoms with E-state index in [1.807, 2.05) is 0 Å². The zero-order chi connectivity index (χ0) is 22.1. The minimum Gasteiger partial charge on any atom is -0.454 e. The van der Waals surface area contributed by atoms with Gasteiger partial charge < -0.3 is 10.1 Å². The number of nitrogens with zero attached hydrogens (tertiary/aromatic N) is 1. The van der Waals surface area contributed by atoms with E-state index in [-0.39, 0.29) is 17.5 Å². The van der Waals surface area contributed by atoms with E-state index in [0.717, 1.165) is 42.0 Å². The van der Waals surface area contributed by atoms with E-state index in [0.29, 0.717) is 12.8 Å². The molecule has 1 heterocycles. The van der Waals surface area contributed by atoms with Gasteiger partial charge in [0.05, 0.1) is 17.4 Å². The largest absolute Gasteiger partial charge is 0.454 e. The molecule has 1 saturated carbocycles. The predicted octanol–water partition coefficient (Wildman–Crippen LogP) is 2.75. The van der Waals surface area contributed by atoms with Crippen molar-refractivity contribution in [3.05, 3.63) is 29.8 Å². The molecule has 1 saturated heterocycles. The van der Waals surface area contributed by atoms with E-state index >= 15 is 0 Å². The quantitative estimate of drug-likeness (QED) is 0.577. The van der Waals surface area contributed by atoms with Crippen LogP contribution in [0.4, 0.5) is 18.9 Å². The fraction of sp³-hybridized carbons (Fsp3) is 0.500. The summed E-state index contributed by atoms with van der Waals surface area (Å²) in [5, 5.41) is 2.31. The number of hydrogen-bond acceptors (Lipinski definition) is 5. The van der Waals surface area contributed by atoms with Crippen molar-refractivity contribution in [1.29, 1.82) is 0 Å². The third kappa shape index (κ3) is 4.47. The number of esters is 1. The summed E-state index contributed by atoms with van der Waals surface area (Å²) < 4.78 is 42.6. The first-order valence-electron chi connectivity index (χ1n) is 9.60. The lowest BCUT2D eigenvalue weighted by atomic mass is 9.81. The summed E-state index contributed by atoms with van der Waals surface area (Å²) in [6.07, 6.45) is -1.55. The van der Waals surface area contributed by atoms with Crippen molar-refractivity contribution >= 4 is 29.4 Å². The van der Waals surface area contributed by atoms with Crippen LogP contribution in [0, 0.1) is 11.8 Å². The SMILES string of the molecule is C[C@@H](C(=O)OCC(=O)Nc1ccc(C(F)(F)F)cc1)N1C(=O)C2CCCCC2C1=O. The van der Waals surface area contributed by atoms with E-state index < -0.39 is 48.1 Å². The normalized spacial score (nSPS) is 22.5. The number of imide groups is 1. The molecule has 3 rings (SSSR count). The monoisotopic (exact) mass is 426 g/mol. The Labute approximate surface area is 170 Å². The van der Waals surface area contributed by atoms with Crippen LogP contribution in [0.5, 0.6) is 0 Å². The van der Waals surface area contributed by atoms with Gasteiger partial charge in [0.15, 0.2) is 6.61 Å². The topological polar surface area (TPSA) is 92.8 Å². The maximum atomic E-state index is 12.6. The van der Waals surface area contributed by atoms with Crippen LogP contribution in [0.3, 0.4) is 0 Å². The van der Waals surface area contributed by atoms with Gasteiger partial charge in [-0.05, 0) is 44.0 Å². The van der Waals surface area contributed by atoms with Crippen molar-refractivity contribution in [1.82, 2.24) is 4.90 Å². The summed E-state index contributed by atoms with van der Waals surface area (Å²) in [5.41, 5.74) is -0.757. The molecule has 2 fully saturated rings. The minimum atomic E-state index is -4.49. The van der Waals surface area contributed by atoms with E-state index in [1.165, 1.54) is 6.92 Å². The van der Waals surface area contributed by atoms with Crippen molar-refractivity contribution < 1.29 is 37.1 Å². The van der Waals surface area contributed by atoms with Crippen LogP contribution >= 0.6 is 0 Å². The van der Waals surface area contributed by atoms with E-state index in [4.69, 9.17) is 4.74 Å². The summed E-state index contributed by atoms with van der Waals surface area (Å²) in [6.45, 7) is 0.663. The van der Waals surface area contributed by atoms with Gasteiger partial charge in [-0.1, -0.05) is 12.8 Å². The Hall–Kier alpha value is -2.91. The van der Waals surface area contributed by atoms with Gasteiger partial charge in [0.2, 0.25) is 11.8 Å². The molecule has 162 valence electrons. The van der Waals surface area contributed by atoms with Crippen molar-refractivity contribution in [2.24, 2.45) is 11.8 Å². The van der Waals surface area contributed by atoms with Crippen molar-refractivity contribution in [2.75, 3.05) is 11.9 Å². The molecule has 1 aromatic carbocycles. The summed E-state index contributed by atoms with van der Waals surface area (Å²) in [4.78, 5) is 50.1. The Morgan fingerprint density at radius 2 is 1.63 bits per heavy atom. The fourth-order valence-electron chi connectivity index (χ4n) is 3.87. The Morgan fingerprint density at radius 1 is 1.10 bits per heavy atom. The lowest BCUT2D eigenvalue weighted by Gasteiger charge is -2.21. The molecule has 0 radical (unpaired) electrons. The average Bonchev–Trinajstić information content (AvgIpc) is 2.96. The highest BCUT2D eigenvalue weighted by molar-refractivity contribution is 6.08. The Bertz CT molecular complexity index is 829. The fourth-order valence-corrected chi connectivity index (χ4v) is 3.87. The first kappa shape index (κ1) is 21.8. The molecule has 2 aliphatic rings. The van der Waals surface area contributed by atoms with Crippen LogP contribution in [0.15, 0.2) is 24.3 Å². The van der Waals surface area contributed by atoms with Crippen LogP contribution in [-0.4, -0.2) is 41.2 Å². The highest BCUT2D eigenvalue weighted by Crippen LogP contribution is 2.39. The molecule has 0 spiro atoms. The molecule has 0 aromatic heterocycles. The summed E-state index contributed by atoms with van der Waals surface area (Å²) in [7, 11) is 0. The molecule has 3 amide bonds. The number of fused-ring (bicyclic) bond motifs is 1. The van der Waals surface area contributed by atoms with Gasteiger partial charge >= 0.3 is 12.1 Å². The maximum Gasteiger partial charge on any atom is 0.416 e. The second-order valence-corrected chi connectivity index (χ2v) is 7.45. The summed E-state index contributed by atoms with van der Waals surface area (Å²) in [5.74, 6) is -3.23. The smallest absolute Gasteiger partial charge is 0.416 e. The minimum absolute atomic E-state index is 0.103. The molecule has 10 heteroatoms. The zero-order valence-corrected chi connectivity index (χ0v) is 16.2. The van der Waals surface area contributed by atoms with Crippen LogP contribution in [0.25, 0.3) is 0 Å². The number of anilines is 1. The molecule has 1 aromatic rings. The van der Waals surface area contributed by atoms with Gasteiger partial charge in [-0.3, -0.25) is 19.3 Å². The Morgan fingerprint density at radius 3 is 2.13 bits per heavy atom. The standard InChI is InChI=1S/C20H21F3N2O5/c1-11(25-17(27)14-4-2-3-5-15(14)18(25)28)19(29)30-10-16(26)24-13-8-6-12(7-9-13)20(21,22)23/h6-9,11,14-15H,2-5,10H2,1H3,(H,24,26)/t11-,14?,15?/m0/s1. The number of ether oxygens (including phenoxy) is 1. The number of likely N-dealkylation sites (tertiary alicyclic amines) is 1. The van der Waals surface area contributed by atoms with Gasteiger partial charge in [0, 0.05) is 5.69 Å². The molecular weight excluding hydrogens is 405 g/mol. The molecule has 0 bridgehead atoms. The summed E-state index contributed by atoms with van der Waals surface area (Å²) >= 11 is 0. The molecule has 3 atom stereocenters. The van der Waals surface area contributed by atoms with Gasteiger partial charge in [-0.15, -0.1) is 0 Å². The van der Waals surface area contributed by atoms with Crippen molar-refractivity contribution in [3.8, 4) is 0 Å². The van der Waals surface area contributed by atoms with E-state index in [9.17, 15) is 32.3 Å². The highest BCUT2D eigenvalue weighted by Gasteiger charge is 2.51. The van der Waals surface area contributed by atoms with E-state index in [1.54, 1.807) is 0 Å². The maximum absolute atomic E-state index is 12.6. The van der Waals surface area contributed by atoms with Crippen LogP contribution < -0.4 is 5.32 Å². The predicted molar refractivity (Wildman–Crippen MR) is 97.8 cm³/mol. The Balaban J connectivity index is 1.53. The average molecular weight is 426 g/mol. The third-order valence-electron chi connectivity index (χ3n) is 5.45. The number of halogens is 3. The first-order valence-corrected chi connectivity index (χ1v) is 9.60. The second kappa shape index (κ2) is 8.45. The number of benzene rings is 1. The first-order chi connectivity index (χ1) is 14.1. The highest BCUT2D eigenvalue weighted by atomic mass is 19.4. The molecular formula is C20H21F3N2O5. The lowest BCUT2D eigenvalue weighted by molar-refractivity contribution is -0.159. The van der Waals surface area contributed by atoms with Crippen LogP contribution in [0.1, 0.15) is 38.2 Å². The third-order valence-corrected chi connectivity index (χ3v) is 5.45. The molecule has 1 N–H and O–H groups in total. The van der Waals surface area contributed by atoms with Crippen LogP contribution in [-0.2, 0) is 30.1 Å². The number of hydrogen-bond donors (Lipinski definition) is 1. The van der Waals surface area contributed by atoms with Gasteiger partial charge in [-0.25, -0.2) is 4.79 Å². The number of carbonyl (C=O) groups excluding carboxylic acids is 4. The number of carbonyl (C=O) groups is 4. The molecule has 1 aliphatic carbocycles. The van der Waals surface area contributed by atoms with Gasteiger partial charge in [-0.2, -0.15) is 13.2 Å². The molecule has 1 aliphatic heterocycles. The lowest BCUT2D eigenvalue weighted by Crippen LogP contribution is -2.45. The van der Waals surface area contributed by atoms with E-state index in [2.05, 4.69) is 5.32 Å². The van der Waals surface area contributed by atoms with Crippen molar-refractivity contribution in [3.63, 3.8) is 0 Å². The molecule has 7 nitrogen and oxygen atoms in total. The summed E-state index contributed by atoms with van der Waals surface area (Å²) in [6, 6.07) is 2.62. The van der Waals surface area contributed by atoms with Gasteiger partial charge in [0.25, 0.3) is 5.91 Å². The second-order valence-electron chi connectivity index (χ2n) is 7.45. The number of nitrogens with one attached hydrogen (secondary N) is 1. The van der Waals surface area contributed by atoms with Gasteiger partial charge in [0.1, 0.15) is 6.04 Å².